The van der Waals surface area contributed by atoms with Crippen LogP contribution < -0.4 is 10.6 Å². The van der Waals surface area contributed by atoms with Crippen molar-refractivity contribution in [3.8, 4) is 6.07 Å². The fraction of sp³-hybridized carbons (Fsp3) is 0.133. The Morgan fingerprint density at radius 1 is 1.21 bits per heavy atom. The smallest absolute Gasteiger partial charge is 0.101 e. The molecular weight excluding hydrogens is 302 g/mol. The van der Waals surface area contributed by atoms with E-state index in [0.29, 0.717) is 11.3 Å². The third kappa shape index (κ3) is 3.27. The van der Waals surface area contributed by atoms with Crippen LogP contribution in [0.3, 0.4) is 0 Å². The summed E-state index contributed by atoms with van der Waals surface area (Å²) in [5.74, 6) is 0. The number of nitrogens with two attached hydrogens (primary N) is 1. The van der Waals surface area contributed by atoms with Crippen molar-refractivity contribution in [3.05, 3.63) is 58.1 Å². The number of halogens is 1. The number of rotatable bonds is 3. The molecule has 2 aromatic rings. The minimum atomic E-state index is 0.514. The molecule has 4 heteroatoms. The van der Waals surface area contributed by atoms with Crippen LogP contribution in [0.5, 0.6) is 0 Å². The van der Waals surface area contributed by atoms with Crippen molar-refractivity contribution in [3.63, 3.8) is 0 Å². The normalized spacial score (nSPS) is 9.95. The monoisotopic (exact) mass is 315 g/mol. The summed E-state index contributed by atoms with van der Waals surface area (Å²) in [6, 6.07) is 15.8. The quantitative estimate of drug-likeness (QED) is 0.881. The van der Waals surface area contributed by atoms with Crippen molar-refractivity contribution < 1.29 is 0 Å². The zero-order valence-electron chi connectivity index (χ0n) is 10.6. The predicted molar refractivity (Wildman–Crippen MR) is 81.8 cm³/mol. The minimum absolute atomic E-state index is 0.514. The fourth-order valence-corrected chi connectivity index (χ4v) is 2.10. The molecule has 2 N–H and O–H groups in total. The maximum Gasteiger partial charge on any atom is 0.101 e. The highest BCUT2D eigenvalue weighted by atomic mass is 79.9. The maximum atomic E-state index is 8.99. The Bertz CT molecular complexity index is 614. The summed E-state index contributed by atoms with van der Waals surface area (Å²) in [5, 5.41) is 8.99. The summed E-state index contributed by atoms with van der Waals surface area (Å²) in [7, 11) is 1.99. The average molecular weight is 316 g/mol. The van der Waals surface area contributed by atoms with Gasteiger partial charge in [0, 0.05) is 29.4 Å². The van der Waals surface area contributed by atoms with Crippen molar-refractivity contribution >= 4 is 27.3 Å². The average Bonchev–Trinajstić information content (AvgIpc) is 2.42. The second-order valence-electron chi connectivity index (χ2n) is 4.37. The van der Waals surface area contributed by atoms with Crippen LogP contribution in [0.15, 0.2) is 46.9 Å². The van der Waals surface area contributed by atoms with Crippen LogP contribution in [-0.2, 0) is 6.54 Å². The van der Waals surface area contributed by atoms with E-state index in [9.17, 15) is 0 Å². The van der Waals surface area contributed by atoms with E-state index in [1.54, 1.807) is 6.07 Å². The molecule has 0 radical (unpaired) electrons. The summed E-state index contributed by atoms with van der Waals surface area (Å²) in [6.07, 6.45) is 0. The third-order valence-electron chi connectivity index (χ3n) is 2.93. The van der Waals surface area contributed by atoms with Crippen LogP contribution >= 0.6 is 15.9 Å². The highest BCUT2D eigenvalue weighted by Gasteiger charge is 2.05. The summed E-state index contributed by atoms with van der Waals surface area (Å²) in [5.41, 5.74) is 8.94. The molecule has 19 heavy (non-hydrogen) atoms. The number of nitrogen functional groups attached to an aromatic ring is 1. The maximum absolute atomic E-state index is 8.99. The number of nitrogens with zero attached hydrogens (tertiary/aromatic N) is 2. The highest BCUT2D eigenvalue weighted by Crippen LogP contribution is 2.21. The molecule has 0 fully saturated rings. The summed E-state index contributed by atoms with van der Waals surface area (Å²) in [4.78, 5) is 2.09. The molecule has 0 heterocycles. The zero-order chi connectivity index (χ0) is 13.8. The van der Waals surface area contributed by atoms with Gasteiger partial charge >= 0.3 is 0 Å². The number of nitriles is 1. The Labute approximate surface area is 121 Å². The van der Waals surface area contributed by atoms with Gasteiger partial charge in [-0.15, -0.1) is 0 Å². The second kappa shape index (κ2) is 5.77. The number of hydrogen-bond donors (Lipinski definition) is 1. The van der Waals surface area contributed by atoms with Gasteiger partial charge in [-0.3, -0.25) is 0 Å². The molecule has 0 saturated heterocycles. The molecule has 0 atom stereocenters. The molecule has 0 bridgehead atoms. The molecule has 2 rings (SSSR count). The van der Waals surface area contributed by atoms with Gasteiger partial charge in [0.2, 0.25) is 0 Å². The topological polar surface area (TPSA) is 53.0 Å². The molecule has 96 valence electrons. The van der Waals surface area contributed by atoms with Crippen LogP contribution in [0.25, 0.3) is 0 Å². The lowest BCUT2D eigenvalue weighted by molar-refractivity contribution is 0.922. The van der Waals surface area contributed by atoms with Gasteiger partial charge in [0.15, 0.2) is 0 Å². The van der Waals surface area contributed by atoms with E-state index in [1.165, 1.54) is 5.56 Å². The lowest BCUT2D eigenvalue weighted by Crippen LogP contribution is -2.16. The van der Waals surface area contributed by atoms with Crippen LogP contribution in [0.1, 0.15) is 11.1 Å². The Kier molecular flexibility index (Phi) is 4.08. The first kappa shape index (κ1) is 13.4. The van der Waals surface area contributed by atoms with Crippen molar-refractivity contribution in [1.29, 1.82) is 5.26 Å². The lowest BCUT2D eigenvalue weighted by atomic mass is 10.1. The fourth-order valence-electron chi connectivity index (χ4n) is 1.83. The molecule has 0 unspecified atom stereocenters. The molecule has 0 aliphatic heterocycles. The molecule has 0 amide bonds. The van der Waals surface area contributed by atoms with Gasteiger partial charge in [0.25, 0.3) is 0 Å². The van der Waals surface area contributed by atoms with E-state index < -0.39 is 0 Å². The first-order chi connectivity index (χ1) is 9.10. The zero-order valence-corrected chi connectivity index (χ0v) is 12.2. The predicted octanol–water partition coefficient (Wildman–Crippen LogP) is 3.54. The van der Waals surface area contributed by atoms with E-state index >= 15 is 0 Å². The van der Waals surface area contributed by atoms with Crippen molar-refractivity contribution in [2.75, 3.05) is 17.7 Å². The van der Waals surface area contributed by atoms with Crippen molar-refractivity contribution in [1.82, 2.24) is 0 Å². The van der Waals surface area contributed by atoms with E-state index in [2.05, 4.69) is 39.0 Å². The van der Waals surface area contributed by atoms with Crippen LogP contribution in [0, 0.1) is 11.3 Å². The lowest BCUT2D eigenvalue weighted by Gasteiger charge is -2.20. The molecule has 0 aromatic heterocycles. The summed E-state index contributed by atoms with van der Waals surface area (Å²) < 4.78 is 1.07. The second-order valence-corrected chi connectivity index (χ2v) is 5.28. The largest absolute Gasteiger partial charge is 0.398 e. The highest BCUT2D eigenvalue weighted by molar-refractivity contribution is 9.10. The van der Waals surface area contributed by atoms with Crippen molar-refractivity contribution in [2.24, 2.45) is 0 Å². The van der Waals surface area contributed by atoms with Crippen molar-refractivity contribution in [2.45, 2.75) is 6.54 Å². The molecule has 3 nitrogen and oxygen atoms in total. The van der Waals surface area contributed by atoms with E-state index in [0.717, 1.165) is 16.7 Å². The minimum Gasteiger partial charge on any atom is -0.398 e. The van der Waals surface area contributed by atoms with E-state index in [4.69, 9.17) is 11.0 Å². The third-order valence-corrected chi connectivity index (χ3v) is 3.46. The molecule has 0 aliphatic carbocycles. The van der Waals surface area contributed by atoms with Gasteiger partial charge in [-0.1, -0.05) is 28.1 Å². The van der Waals surface area contributed by atoms with Gasteiger partial charge in [0.1, 0.15) is 6.07 Å². The number of benzene rings is 2. The summed E-state index contributed by atoms with van der Waals surface area (Å²) >= 11 is 3.42. The SMILES string of the molecule is CN(Cc1ccc(Br)cc1)c1ccc(N)c(C#N)c1. The standard InChI is InChI=1S/C15H14BrN3/c1-19(10-11-2-4-13(16)5-3-11)14-6-7-15(18)12(8-14)9-17/h2-8H,10,18H2,1H3. The van der Waals surface area contributed by atoms with Gasteiger partial charge < -0.3 is 10.6 Å². The van der Waals surface area contributed by atoms with Gasteiger partial charge in [-0.05, 0) is 35.9 Å². The Hall–Kier alpha value is -1.99. The molecule has 2 aromatic carbocycles. The van der Waals surface area contributed by atoms with E-state index in [1.807, 2.05) is 31.3 Å². The Balaban J connectivity index is 2.18. The van der Waals surface area contributed by atoms with Crippen LogP contribution in [-0.4, -0.2) is 7.05 Å². The van der Waals surface area contributed by atoms with Gasteiger partial charge in [-0.25, -0.2) is 0 Å². The summed E-state index contributed by atoms with van der Waals surface area (Å²) in [6.45, 7) is 0.780. The Morgan fingerprint density at radius 3 is 2.53 bits per heavy atom. The van der Waals surface area contributed by atoms with Gasteiger partial charge in [-0.2, -0.15) is 5.26 Å². The first-order valence-electron chi connectivity index (χ1n) is 5.85. The first-order valence-corrected chi connectivity index (χ1v) is 6.64. The molecule has 0 aliphatic rings. The molecular formula is C15H14BrN3. The van der Waals surface area contributed by atoms with E-state index in [-0.39, 0.29) is 0 Å². The van der Waals surface area contributed by atoms with Gasteiger partial charge in [0.05, 0.1) is 5.56 Å². The Morgan fingerprint density at radius 2 is 1.89 bits per heavy atom. The molecule has 0 saturated carbocycles. The van der Waals surface area contributed by atoms with Crippen LogP contribution in [0.4, 0.5) is 11.4 Å². The number of hydrogen-bond acceptors (Lipinski definition) is 3. The molecule has 0 spiro atoms. The van der Waals surface area contributed by atoms with Crippen LogP contribution in [0.2, 0.25) is 0 Å². The number of anilines is 2.